The molecule has 1 aliphatic rings. The van der Waals surface area contributed by atoms with Crippen LogP contribution in [-0.2, 0) is 6.54 Å². The molecule has 0 unspecified atom stereocenters. The molecule has 0 atom stereocenters. The number of amidine groups is 1. The van der Waals surface area contributed by atoms with E-state index in [1.54, 1.807) is 0 Å². The van der Waals surface area contributed by atoms with Crippen molar-refractivity contribution in [2.75, 3.05) is 19.6 Å². The van der Waals surface area contributed by atoms with Crippen LogP contribution in [0.2, 0.25) is 0 Å². The maximum Gasteiger partial charge on any atom is 0.0945 e. The van der Waals surface area contributed by atoms with Gasteiger partial charge < -0.3 is 15.2 Å². The maximum absolute atomic E-state index is 7.44. The van der Waals surface area contributed by atoms with Crippen LogP contribution < -0.4 is 5.73 Å². The van der Waals surface area contributed by atoms with Crippen LogP contribution in [0.3, 0.4) is 0 Å². The van der Waals surface area contributed by atoms with Crippen LogP contribution in [0.5, 0.6) is 0 Å². The van der Waals surface area contributed by atoms with Gasteiger partial charge in [0, 0.05) is 24.9 Å². The number of imidazole rings is 1. The number of nitrogens with two attached hydrogens (primary N) is 1. The molecule has 1 saturated heterocycles. The standard InChI is InChI=1S/C12H21N5/c13-12(14)11-2-7-16(8-3-11)5-1-6-17-9-4-15-10-17/h4,9-11H,1-3,5-8H2,(H3,13,14). The normalized spacial score (nSPS) is 18.4. The summed E-state index contributed by atoms with van der Waals surface area (Å²) in [7, 11) is 0. The topological polar surface area (TPSA) is 70.9 Å². The summed E-state index contributed by atoms with van der Waals surface area (Å²) in [5.74, 6) is 0.683. The fraction of sp³-hybridized carbons (Fsp3) is 0.667. The van der Waals surface area contributed by atoms with E-state index in [-0.39, 0.29) is 0 Å². The Bertz CT molecular complexity index is 338. The Morgan fingerprint density at radius 2 is 2.12 bits per heavy atom. The van der Waals surface area contributed by atoms with E-state index in [4.69, 9.17) is 11.1 Å². The van der Waals surface area contributed by atoms with E-state index in [0.717, 1.165) is 45.4 Å². The highest BCUT2D eigenvalue weighted by molar-refractivity contribution is 5.79. The molecule has 0 aliphatic carbocycles. The van der Waals surface area contributed by atoms with Crippen molar-refractivity contribution in [1.29, 1.82) is 5.41 Å². The SMILES string of the molecule is N=C(N)C1CCN(CCCn2ccnc2)CC1. The van der Waals surface area contributed by atoms with Crippen LogP contribution >= 0.6 is 0 Å². The fourth-order valence-electron chi connectivity index (χ4n) is 2.36. The average molecular weight is 235 g/mol. The summed E-state index contributed by atoms with van der Waals surface area (Å²) < 4.78 is 2.11. The Morgan fingerprint density at radius 1 is 1.35 bits per heavy atom. The predicted molar refractivity (Wildman–Crippen MR) is 67.9 cm³/mol. The van der Waals surface area contributed by atoms with Gasteiger partial charge in [0.05, 0.1) is 12.2 Å². The van der Waals surface area contributed by atoms with Crippen molar-refractivity contribution in [1.82, 2.24) is 14.5 Å². The first-order valence-electron chi connectivity index (χ1n) is 6.27. The summed E-state index contributed by atoms with van der Waals surface area (Å²) >= 11 is 0. The van der Waals surface area contributed by atoms with E-state index < -0.39 is 0 Å². The van der Waals surface area contributed by atoms with Crippen LogP contribution in [0.25, 0.3) is 0 Å². The number of nitrogens with one attached hydrogen (secondary N) is 1. The fourth-order valence-corrected chi connectivity index (χ4v) is 2.36. The molecule has 0 amide bonds. The molecule has 2 rings (SSSR count). The Balaban J connectivity index is 1.63. The molecule has 1 aliphatic heterocycles. The van der Waals surface area contributed by atoms with E-state index in [1.807, 2.05) is 18.7 Å². The van der Waals surface area contributed by atoms with Gasteiger partial charge in [-0.05, 0) is 38.9 Å². The van der Waals surface area contributed by atoms with Gasteiger partial charge in [-0.2, -0.15) is 0 Å². The third-order valence-corrected chi connectivity index (χ3v) is 3.48. The number of aromatic nitrogens is 2. The van der Waals surface area contributed by atoms with Crippen molar-refractivity contribution in [2.45, 2.75) is 25.8 Å². The number of nitrogens with zero attached hydrogens (tertiary/aromatic N) is 3. The number of hydrogen-bond acceptors (Lipinski definition) is 3. The van der Waals surface area contributed by atoms with Crippen molar-refractivity contribution in [2.24, 2.45) is 11.7 Å². The summed E-state index contributed by atoms with van der Waals surface area (Å²) in [6.45, 7) is 4.32. The number of likely N-dealkylation sites (tertiary alicyclic amines) is 1. The first-order chi connectivity index (χ1) is 8.25. The summed E-state index contributed by atoms with van der Waals surface area (Å²) in [4.78, 5) is 6.50. The van der Waals surface area contributed by atoms with Crippen molar-refractivity contribution in [3.8, 4) is 0 Å². The first kappa shape index (κ1) is 12.1. The summed E-state index contributed by atoms with van der Waals surface area (Å²) in [5, 5.41) is 7.44. The molecular weight excluding hydrogens is 214 g/mol. The van der Waals surface area contributed by atoms with Crippen molar-refractivity contribution in [3.63, 3.8) is 0 Å². The van der Waals surface area contributed by atoms with Gasteiger partial charge in [0.1, 0.15) is 0 Å². The Hall–Kier alpha value is -1.36. The largest absolute Gasteiger partial charge is 0.387 e. The van der Waals surface area contributed by atoms with Gasteiger partial charge in [-0.3, -0.25) is 5.41 Å². The zero-order valence-electron chi connectivity index (χ0n) is 10.2. The van der Waals surface area contributed by atoms with Crippen molar-refractivity contribution < 1.29 is 0 Å². The van der Waals surface area contributed by atoms with Gasteiger partial charge in [0.15, 0.2) is 0 Å². The first-order valence-corrected chi connectivity index (χ1v) is 6.27. The Labute approximate surface area is 102 Å². The molecule has 1 fully saturated rings. The van der Waals surface area contributed by atoms with E-state index in [2.05, 4.69) is 14.5 Å². The third kappa shape index (κ3) is 3.56. The lowest BCUT2D eigenvalue weighted by molar-refractivity contribution is 0.204. The predicted octanol–water partition coefficient (Wildman–Crippen LogP) is 0.921. The maximum atomic E-state index is 7.44. The molecule has 1 aromatic heterocycles. The number of piperidine rings is 1. The molecule has 0 aromatic carbocycles. The lowest BCUT2D eigenvalue weighted by Gasteiger charge is -2.31. The molecule has 5 nitrogen and oxygen atoms in total. The summed E-state index contributed by atoms with van der Waals surface area (Å²) in [6, 6.07) is 0. The lowest BCUT2D eigenvalue weighted by Crippen LogP contribution is -2.38. The molecule has 0 radical (unpaired) electrons. The van der Waals surface area contributed by atoms with Crippen LogP contribution in [0, 0.1) is 11.3 Å². The number of aryl methyl sites for hydroxylation is 1. The molecule has 2 heterocycles. The van der Waals surface area contributed by atoms with Gasteiger partial charge in [-0.25, -0.2) is 4.98 Å². The highest BCUT2D eigenvalue weighted by Gasteiger charge is 2.20. The van der Waals surface area contributed by atoms with Gasteiger partial charge in [0.25, 0.3) is 0 Å². The zero-order chi connectivity index (χ0) is 12.1. The quantitative estimate of drug-likeness (QED) is 0.589. The molecule has 17 heavy (non-hydrogen) atoms. The second kappa shape index (κ2) is 5.82. The molecule has 0 bridgehead atoms. The molecule has 94 valence electrons. The van der Waals surface area contributed by atoms with Crippen LogP contribution in [0.1, 0.15) is 19.3 Å². The third-order valence-electron chi connectivity index (χ3n) is 3.48. The second-order valence-corrected chi connectivity index (χ2v) is 4.73. The van der Waals surface area contributed by atoms with E-state index in [9.17, 15) is 0 Å². The number of rotatable bonds is 5. The van der Waals surface area contributed by atoms with E-state index in [1.165, 1.54) is 0 Å². The van der Waals surface area contributed by atoms with Gasteiger partial charge in [-0.15, -0.1) is 0 Å². The van der Waals surface area contributed by atoms with E-state index >= 15 is 0 Å². The Kier molecular flexibility index (Phi) is 4.14. The van der Waals surface area contributed by atoms with Crippen LogP contribution in [0.15, 0.2) is 18.7 Å². The van der Waals surface area contributed by atoms with Crippen LogP contribution in [0.4, 0.5) is 0 Å². The molecule has 3 N–H and O–H groups in total. The van der Waals surface area contributed by atoms with Crippen LogP contribution in [-0.4, -0.2) is 39.9 Å². The molecular formula is C12H21N5. The molecule has 1 aromatic rings. The lowest BCUT2D eigenvalue weighted by atomic mass is 9.96. The minimum absolute atomic E-state index is 0.319. The van der Waals surface area contributed by atoms with E-state index in [0.29, 0.717) is 11.8 Å². The smallest absolute Gasteiger partial charge is 0.0945 e. The highest BCUT2D eigenvalue weighted by atomic mass is 15.1. The Morgan fingerprint density at radius 3 is 2.71 bits per heavy atom. The minimum atomic E-state index is 0.319. The number of hydrogen-bond donors (Lipinski definition) is 2. The average Bonchev–Trinajstić information content (AvgIpc) is 2.83. The van der Waals surface area contributed by atoms with Gasteiger partial charge in [0.2, 0.25) is 0 Å². The monoisotopic (exact) mass is 235 g/mol. The van der Waals surface area contributed by atoms with Crippen molar-refractivity contribution in [3.05, 3.63) is 18.7 Å². The molecule has 0 saturated carbocycles. The van der Waals surface area contributed by atoms with Crippen molar-refractivity contribution >= 4 is 5.84 Å². The van der Waals surface area contributed by atoms with Gasteiger partial charge in [-0.1, -0.05) is 0 Å². The summed E-state index contributed by atoms with van der Waals surface area (Å²) in [6.07, 6.45) is 8.92. The second-order valence-electron chi connectivity index (χ2n) is 4.73. The summed E-state index contributed by atoms with van der Waals surface area (Å²) in [5.41, 5.74) is 5.53. The minimum Gasteiger partial charge on any atom is -0.387 e. The highest BCUT2D eigenvalue weighted by Crippen LogP contribution is 2.16. The molecule has 5 heteroatoms. The molecule has 0 spiro atoms. The van der Waals surface area contributed by atoms with Gasteiger partial charge >= 0.3 is 0 Å². The zero-order valence-corrected chi connectivity index (χ0v) is 10.2.